The van der Waals surface area contributed by atoms with Gasteiger partial charge in [-0.05, 0) is 97.4 Å². The lowest BCUT2D eigenvalue weighted by atomic mass is 10.4. The molecular weight excluding hydrogens is 914 g/mol. The van der Waals surface area contributed by atoms with Crippen molar-refractivity contribution in [2.24, 2.45) is 0 Å². The predicted octanol–water partition coefficient (Wildman–Crippen LogP) is 15.2. The van der Waals surface area contributed by atoms with Gasteiger partial charge >= 0.3 is 0 Å². The van der Waals surface area contributed by atoms with E-state index in [9.17, 15) is 0 Å². The molecule has 0 nitrogen and oxygen atoms in total. The molecule has 0 aliphatic carbocycles. The van der Waals surface area contributed by atoms with E-state index in [-0.39, 0.29) is 0 Å². The van der Waals surface area contributed by atoms with Crippen LogP contribution in [0.2, 0.25) is 0 Å². The first-order valence-electron chi connectivity index (χ1n) is 15.3. The van der Waals surface area contributed by atoms with E-state index in [1.807, 2.05) is 47.0 Å². The highest BCUT2D eigenvalue weighted by molar-refractivity contribution is 8.55. The number of hydrogen-bond acceptors (Lipinski definition) is 18. The van der Waals surface area contributed by atoms with E-state index in [0.717, 1.165) is 7.06 Å². The van der Waals surface area contributed by atoms with E-state index in [0.29, 0.717) is 18.3 Å². The van der Waals surface area contributed by atoms with Crippen LogP contribution in [0.5, 0.6) is 0 Å². The highest BCUT2D eigenvalue weighted by atomic mass is 32.3. The van der Waals surface area contributed by atoms with Gasteiger partial charge in [0.05, 0.1) is 43.8 Å². The zero-order chi connectivity index (χ0) is 31.6. The summed E-state index contributed by atoms with van der Waals surface area (Å²) in [6.45, 7) is 0. The van der Waals surface area contributed by atoms with Crippen LogP contribution in [0.4, 0.5) is 0 Å². The summed E-state index contributed by atoms with van der Waals surface area (Å²) in [6.07, 6.45) is 10.4. The molecule has 0 amide bonds. The minimum atomic E-state index is 0.631. The number of hydrogen-bond donors (Lipinski definition) is 0. The molecule has 4 unspecified atom stereocenters. The Morgan fingerprint density at radius 1 is 0.326 bits per heavy atom. The normalized spacial score (nSPS) is 32.4. The summed E-state index contributed by atoms with van der Waals surface area (Å²) in [5.41, 5.74) is 0. The van der Waals surface area contributed by atoms with Crippen LogP contribution in [0, 0.1) is 0 Å². The van der Waals surface area contributed by atoms with Gasteiger partial charge in [0.15, 0.2) is 0 Å². The molecule has 4 atom stereocenters. The van der Waals surface area contributed by atoms with Gasteiger partial charge < -0.3 is 0 Å². The fourth-order valence-corrected chi connectivity index (χ4v) is 32.0. The van der Waals surface area contributed by atoms with Crippen molar-refractivity contribution in [3.05, 3.63) is 25.4 Å². The Balaban J connectivity index is 1.14. The highest BCUT2D eigenvalue weighted by Gasteiger charge is 2.35. The quantitative estimate of drug-likeness (QED) is 0.211. The molecule has 0 aromatic rings. The summed E-state index contributed by atoms with van der Waals surface area (Å²) in [5, 5.41) is 0. The Morgan fingerprint density at radius 2 is 0.565 bits per heavy atom. The van der Waals surface area contributed by atoms with Crippen molar-refractivity contribution < 1.29 is 0 Å². The van der Waals surface area contributed by atoms with Gasteiger partial charge in [-0.2, -0.15) is 0 Å². The van der Waals surface area contributed by atoms with Crippen LogP contribution in [-0.4, -0.2) is 71.4 Å². The molecule has 0 N–H and O–H groups in total. The molecular formula is C28H36S18. The molecule has 6 heterocycles. The van der Waals surface area contributed by atoms with Gasteiger partial charge in [0.1, 0.15) is 7.06 Å². The second-order valence-corrected chi connectivity index (χ2v) is 33.5. The second-order valence-electron chi connectivity index (χ2n) is 10.3. The molecule has 6 aliphatic heterocycles. The average molecular weight is 950 g/mol. The van der Waals surface area contributed by atoms with Gasteiger partial charge in [-0.25, -0.2) is 0 Å². The van der Waals surface area contributed by atoms with Crippen molar-refractivity contribution >= 4 is 220 Å². The molecule has 6 bridgehead atoms. The summed E-state index contributed by atoms with van der Waals surface area (Å²) in [7, 11) is 0. The molecule has 2 saturated heterocycles. The second kappa shape index (κ2) is 22.5. The first kappa shape index (κ1) is 40.7. The summed E-state index contributed by atoms with van der Waals surface area (Å²) in [4.78, 5) is 0. The van der Waals surface area contributed by atoms with Crippen LogP contribution >= 0.6 is 213 Å². The fourth-order valence-electron chi connectivity index (χ4n) is 4.45. The molecule has 6 rings (SSSR count). The first-order valence-corrected chi connectivity index (χ1v) is 31.0. The fraction of sp³-hybridized carbons (Fsp3) is 0.714. The molecule has 46 heavy (non-hydrogen) atoms. The molecule has 0 spiro atoms. The SMILES string of the molecule is S=C1SC2SCCCCSC3=C4SCCCCSC5SC(=S)SC5SCCCCSC5=C(SCCCCSC2S1)SC(=C(S3)S4)S5. The molecule has 0 radical (unpaired) electrons. The Labute approximate surface area is 355 Å². The van der Waals surface area contributed by atoms with Crippen LogP contribution in [0.15, 0.2) is 25.4 Å². The standard InChI is InChI=1S/C28H36S18/c29-27-43-21-22(44-27)36-14-7-3-11-33-19-20-34-12-4-8-16-38-24-23(45-28(30)46-24)37-15-6-2-10-32-18-17(31-9-1-5-13-35-21)39-25(40-18)26(41-19)42-20/h21-24H,1-16H2. The van der Waals surface area contributed by atoms with Crippen LogP contribution in [0.3, 0.4) is 0 Å². The third-order valence-electron chi connectivity index (χ3n) is 6.75. The van der Waals surface area contributed by atoms with Gasteiger partial charge in [-0.3, -0.25) is 0 Å². The van der Waals surface area contributed by atoms with Crippen molar-refractivity contribution in [3.63, 3.8) is 0 Å². The van der Waals surface area contributed by atoms with E-state index < -0.39 is 0 Å². The van der Waals surface area contributed by atoms with Gasteiger partial charge in [0.2, 0.25) is 0 Å². The maximum absolute atomic E-state index is 5.64. The van der Waals surface area contributed by atoms with Crippen molar-refractivity contribution in [1.82, 2.24) is 0 Å². The summed E-state index contributed by atoms with van der Waals surface area (Å²) >= 11 is 44.7. The largest absolute Gasteiger partial charge is 0.145 e. The minimum absolute atomic E-state index is 0.631. The van der Waals surface area contributed by atoms with Gasteiger partial charge in [0.25, 0.3) is 0 Å². The van der Waals surface area contributed by atoms with E-state index >= 15 is 0 Å². The van der Waals surface area contributed by atoms with Crippen LogP contribution in [0.1, 0.15) is 51.4 Å². The van der Waals surface area contributed by atoms with Gasteiger partial charge in [-0.1, -0.05) is 119 Å². The number of thiocarbonyl (C=S) groups is 2. The third kappa shape index (κ3) is 13.1. The Kier molecular flexibility index (Phi) is 19.9. The van der Waals surface area contributed by atoms with Crippen LogP contribution in [-0.2, 0) is 0 Å². The van der Waals surface area contributed by atoms with E-state index in [1.54, 1.807) is 25.4 Å². The Morgan fingerprint density at radius 3 is 0.826 bits per heavy atom. The zero-order valence-electron chi connectivity index (χ0n) is 25.0. The van der Waals surface area contributed by atoms with Crippen LogP contribution in [0.25, 0.3) is 0 Å². The summed E-state index contributed by atoms with van der Waals surface area (Å²) in [5.74, 6) is 9.96. The lowest BCUT2D eigenvalue weighted by Gasteiger charge is -2.16. The minimum Gasteiger partial charge on any atom is -0.145 e. The van der Waals surface area contributed by atoms with Crippen molar-refractivity contribution in [2.45, 2.75) is 69.7 Å². The lowest BCUT2D eigenvalue weighted by molar-refractivity contribution is 0.905. The monoisotopic (exact) mass is 948 g/mol. The van der Waals surface area contributed by atoms with E-state index in [4.69, 9.17) is 24.4 Å². The zero-order valence-corrected chi connectivity index (χ0v) is 39.7. The van der Waals surface area contributed by atoms with Crippen molar-refractivity contribution in [2.75, 3.05) is 46.0 Å². The molecule has 6 aliphatic rings. The molecule has 2 fully saturated rings. The maximum atomic E-state index is 5.64. The average Bonchev–Trinajstić information content (AvgIpc) is 3.81. The summed E-state index contributed by atoms with van der Waals surface area (Å²) < 4.78 is 14.3. The molecule has 0 aromatic heterocycles. The lowest BCUT2D eigenvalue weighted by Crippen LogP contribution is -2.09. The van der Waals surface area contributed by atoms with Crippen molar-refractivity contribution in [1.29, 1.82) is 0 Å². The van der Waals surface area contributed by atoms with E-state index in [2.05, 4.69) is 141 Å². The summed E-state index contributed by atoms with van der Waals surface area (Å²) in [6, 6.07) is 0. The smallest absolute Gasteiger partial charge is 0.106 e. The Hall–Kier alpha value is 5.00. The first-order chi connectivity index (χ1) is 22.6. The molecule has 0 aromatic carbocycles. The highest BCUT2D eigenvalue weighted by Crippen LogP contribution is 2.66. The number of fused-ring (bicyclic) bond motifs is 6. The van der Waals surface area contributed by atoms with Gasteiger partial charge in [0, 0.05) is 0 Å². The molecule has 0 saturated carbocycles. The predicted molar refractivity (Wildman–Crippen MR) is 259 cm³/mol. The third-order valence-corrected chi connectivity index (χ3v) is 32.4. The van der Waals surface area contributed by atoms with Gasteiger partial charge in [-0.15, -0.1) is 94.1 Å². The maximum Gasteiger partial charge on any atom is 0.106 e. The van der Waals surface area contributed by atoms with Crippen molar-refractivity contribution in [3.8, 4) is 0 Å². The number of thioether (sulfide) groups is 16. The number of rotatable bonds is 0. The molecule has 18 heteroatoms. The van der Waals surface area contributed by atoms with Crippen LogP contribution < -0.4 is 0 Å². The molecule has 256 valence electrons. The topological polar surface area (TPSA) is 0 Å². The Bertz CT molecular complexity index is 997. The van der Waals surface area contributed by atoms with E-state index in [1.165, 1.54) is 97.4 Å².